The summed E-state index contributed by atoms with van der Waals surface area (Å²) in [6.07, 6.45) is 0.477. The van der Waals surface area contributed by atoms with Gasteiger partial charge in [-0.1, -0.05) is 77.8 Å². The van der Waals surface area contributed by atoms with Crippen LogP contribution in [0, 0.1) is 22.0 Å². The molecule has 14 N–H and O–H groups in total. The summed E-state index contributed by atoms with van der Waals surface area (Å²) < 4.78 is 0. The summed E-state index contributed by atoms with van der Waals surface area (Å²) >= 11 is 0. The minimum atomic E-state index is -1.59. The molecule has 2 rings (SSSR count). The van der Waals surface area contributed by atoms with E-state index in [9.17, 15) is 58.4 Å². The Morgan fingerprint density at radius 1 is 0.634 bits per heavy atom. The molecule has 7 atom stereocenters. The molecule has 0 bridgehead atoms. The van der Waals surface area contributed by atoms with E-state index in [0.717, 1.165) is 0 Å². The van der Waals surface area contributed by atoms with Gasteiger partial charge >= 0.3 is 5.97 Å². The van der Waals surface area contributed by atoms with Crippen molar-refractivity contribution < 1.29 is 53.2 Å². The molecule has 0 aliphatic heterocycles. The molecule has 0 saturated carbocycles. The monoisotopic (exact) mass is 995 g/mol. The quantitative estimate of drug-likeness (QED) is 0.0158. The van der Waals surface area contributed by atoms with Gasteiger partial charge < -0.3 is 59.5 Å². The van der Waals surface area contributed by atoms with Gasteiger partial charge in [0.15, 0.2) is 5.96 Å². The van der Waals surface area contributed by atoms with Crippen molar-refractivity contribution in [2.24, 2.45) is 34.0 Å². The molecule has 0 fully saturated rings. The second-order valence-electron chi connectivity index (χ2n) is 17.8. The van der Waals surface area contributed by atoms with Gasteiger partial charge in [-0.3, -0.25) is 58.3 Å². The third-order valence-electron chi connectivity index (χ3n) is 10.9. The highest BCUT2D eigenvalue weighted by Gasteiger charge is 2.35. The maximum Gasteiger partial charge on any atom is 0.303 e. The summed E-state index contributed by atoms with van der Waals surface area (Å²) in [7, 11) is 0. The molecule has 0 spiro atoms. The maximum absolute atomic E-state index is 14.3. The van der Waals surface area contributed by atoms with E-state index < -0.39 is 119 Å². The highest BCUT2D eigenvalue weighted by Crippen LogP contribution is 2.16. The summed E-state index contributed by atoms with van der Waals surface area (Å²) in [5, 5.41) is 39.0. The fourth-order valence-electron chi connectivity index (χ4n) is 7.01. The Labute approximate surface area is 412 Å². The summed E-state index contributed by atoms with van der Waals surface area (Å²) in [4.78, 5) is 135. The van der Waals surface area contributed by atoms with Crippen molar-refractivity contribution in [3.63, 3.8) is 0 Å². The number of amides is 8. The van der Waals surface area contributed by atoms with Crippen molar-refractivity contribution in [3.8, 4) is 0 Å². The van der Waals surface area contributed by atoms with Crippen LogP contribution >= 0.6 is 0 Å². The lowest BCUT2D eigenvalue weighted by Crippen LogP contribution is -2.61. The Morgan fingerprint density at radius 3 is 1.72 bits per heavy atom. The van der Waals surface area contributed by atoms with Crippen molar-refractivity contribution in [1.29, 1.82) is 0 Å². The van der Waals surface area contributed by atoms with Crippen LogP contribution in [0.3, 0.4) is 0 Å². The van der Waals surface area contributed by atoms with E-state index in [-0.39, 0.29) is 61.8 Å². The van der Waals surface area contributed by atoms with Gasteiger partial charge in [-0.15, -0.1) is 0 Å². The Kier molecular flexibility index (Phi) is 25.2. The van der Waals surface area contributed by atoms with Crippen LogP contribution in [0.2, 0.25) is 0 Å². The molecule has 0 heterocycles. The molecule has 0 unspecified atom stereocenters. The number of unbranched alkanes of at least 4 members (excludes halogenated alkanes) is 1. The van der Waals surface area contributed by atoms with Crippen molar-refractivity contribution in [3.05, 3.63) is 75.8 Å². The van der Waals surface area contributed by atoms with Crippen molar-refractivity contribution in [2.45, 2.75) is 142 Å². The number of carboxylic acids is 1. The number of primary amides is 1. The molecule has 0 radical (unpaired) electrons. The maximum atomic E-state index is 14.3. The van der Waals surface area contributed by atoms with Crippen LogP contribution in [-0.2, 0) is 44.8 Å². The zero-order chi connectivity index (χ0) is 53.4. The van der Waals surface area contributed by atoms with Crippen molar-refractivity contribution >= 4 is 64.9 Å². The molecule has 8 amide bonds. The summed E-state index contributed by atoms with van der Waals surface area (Å²) in [6.45, 7) is 10.2. The number of guanidine groups is 1. The van der Waals surface area contributed by atoms with E-state index in [1.54, 1.807) is 58.0 Å². The molecule has 2 aromatic rings. The highest BCUT2D eigenvalue weighted by atomic mass is 16.6. The number of aliphatic carboxylic acids is 1. The third-order valence-corrected chi connectivity index (χ3v) is 10.9. The summed E-state index contributed by atoms with van der Waals surface area (Å²) in [5.41, 5.74) is 16.7. The van der Waals surface area contributed by atoms with E-state index in [1.807, 2.05) is 6.92 Å². The van der Waals surface area contributed by atoms with Gasteiger partial charge in [0.05, 0.1) is 4.92 Å². The van der Waals surface area contributed by atoms with Gasteiger partial charge in [-0.25, -0.2) is 0 Å². The number of benzene rings is 2. The predicted molar refractivity (Wildman–Crippen MR) is 262 cm³/mol. The van der Waals surface area contributed by atoms with E-state index in [2.05, 4.69) is 42.2 Å². The second-order valence-corrected chi connectivity index (χ2v) is 17.8. The van der Waals surface area contributed by atoms with E-state index in [1.165, 1.54) is 31.2 Å². The van der Waals surface area contributed by atoms with Gasteiger partial charge in [0.1, 0.15) is 42.3 Å². The number of carbonyl (C=O) groups excluding carboxylic acids is 8. The minimum Gasteiger partial charge on any atom is -0.481 e. The highest BCUT2D eigenvalue weighted by molar-refractivity contribution is 5.99. The van der Waals surface area contributed by atoms with Crippen molar-refractivity contribution in [2.75, 3.05) is 6.54 Å². The first-order valence-electron chi connectivity index (χ1n) is 23.4. The summed E-state index contributed by atoms with van der Waals surface area (Å²) in [5.74, 6) is -8.76. The summed E-state index contributed by atoms with van der Waals surface area (Å²) in [6, 6.07) is 3.98. The Bertz CT molecular complexity index is 2190. The first-order chi connectivity index (χ1) is 33.4. The van der Waals surface area contributed by atoms with Crippen LogP contribution in [-0.4, -0.2) is 118 Å². The number of carbonyl (C=O) groups is 9. The number of carboxylic acid groups (broad SMARTS) is 1. The fraction of sp³-hybridized carbons (Fsp3) is 0.532. The zero-order valence-electron chi connectivity index (χ0n) is 41.0. The zero-order valence-corrected chi connectivity index (χ0v) is 41.0. The first-order valence-corrected chi connectivity index (χ1v) is 23.4. The first kappa shape index (κ1) is 59.5. The lowest BCUT2D eigenvalue weighted by atomic mass is 9.98. The lowest BCUT2D eigenvalue weighted by Gasteiger charge is -2.29. The Hall–Kier alpha value is -7.66. The number of non-ortho nitro benzene ring substituents is 1. The van der Waals surface area contributed by atoms with E-state index >= 15 is 0 Å². The molecular weight excluding hydrogens is 925 g/mol. The van der Waals surface area contributed by atoms with Crippen LogP contribution < -0.4 is 54.4 Å². The smallest absolute Gasteiger partial charge is 0.303 e. The molecule has 2 aromatic carbocycles. The average molecular weight is 995 g/mol. The van der Waals surface area contributed by atoms with E-state index in [0.29, 0.717) is 18.4 Å². The normalized spacial score (nSPS) is 13.9. The van der Waals surface area contributed by atoms with Gasteiger partial charge in [0.25, 0.3) is 11.6 Å². The number of nitrogens with one attached hydrogen (secondary N) is 7. The number of aliphatic imine (C=N–C) groups is 1. The molecule has 71 heavy (non-hydrogen) atoms. The molecule has 390 valence electrons. The van der Waals surface area contributed by atoms with Crippen LogP contribution in [0.1, 0.15) is 109 Å². The standard InChI is InChI=1S/C47H70N12O12/c1-7-8-15-32(39(48)62)53-40(63)28(6)52-42(65)34(21-22-37(60)61)55-45(68)36(25-29-17-19-31(20-18-29)59(70)71)56-44(67)35(24-26(2)3)57-46(69)38(27(4)5)58-43(66)33(16-12-23-51-47(49)50)54-41(64)30-13-10-9-11-14-30/h9-11,13-14,17-20,26-28,32-36,38H,7-8,12,15-16,21-25H2,1-6H3,(H2,48,62)(H,52,65)(H,53,63)(H,54,64)(H,55,68)(H,56,67)(H,57,69)(H,58,66)(H,60,61)(H4,49,50,51)/t28-,32-,33-,34-,35-,36-,38-/m0/s1. The van der Waals surface area contributed by atoms with Gasteiger partial charge in [-0.2, -0.15) is 0 Å². The SMILES string of the molecule is CCCC[C@H](NC(=O)[C@H](C)NC(=O)[C@H](CCC(=O)O)NC(=O)[C@H](Cc1ccc([N+](=O)[O-])cc1)NC(=O)[C@H](CC(C)C)NC(=O)[C@@H](NC(=O)[C@H](CCCN=C(N)N)NC(=O)c1ccccc1)C(C)C)C(N)=O. The molecule has 0 aromatic heterocycles. The van der Waals surface area contributed by atoms with E-state index in [4.69, 9.17) is 17.2 Å². The number of hydrogen-bond acceptors (Lipinski definition) is 12. The topological polar surface area (TPSA) is 392 Å². The van der Waals surface area contributed by atoms with Gasteiger partial charge in [-0.05, 0) is 68.6 Å². The van der Waals surface area contributed by atoms with Gasteiger partial charge in [0, 0.05) is 37.1 Å². The number of nitrogens with two attached hydrogens (primary N) is 3. The number of nitro benzene ring substituents is 1. The molecule has 24 heteroatoms. The average Bonchev–Trinajstić information content (AvgIpc) is 3.30. The van der Waals surface area contributed by atoms with Crippen LogP contribution in [0.25, 0.3) is 0 Å². The second kappa shape index (κ2) is 30.1. The lowest BCUT2D eigenvalue weighted by molar-refractivity contribution is -0.384. The number of hydrogen-bond donors (Lipinski definition) is 11. The Morgan fingerprint density at radius 2 is 1.17 bits per heavy atom. The molecule has 0 aliphatic rings. The number of nitrogens with zero attached hydrogens (tertiary/aromatic N) is 2. The minimum absolute atomic E-state index is 0.0153. The molecule has 24 nitrogen and oxygen atoms in total. The van der Waals surface area contributed by atoms with Gasteiger partial charge in [0.2, 0.25) is 41.4 Å². The Balaban J connectivity index is 2.46. The molecular formula is C47H70N12O12. The van der Waals surface area contributed by atoms with Crippen molar-refractivity contribution in [1.82, 2.24) is 37.2 Å². The molecule has 0 aliphatic carbocycles. The number of nitro groups is 1. The predicted octanol–water partition coefficient (Wildman–Crippen LogP) is 0.161. The molecule has 0 saturated heterocycles. The van der Waals surface area contributed by atoms with Crippen LogP contribution in [0.15, 0.2) is 59.6 Å². The largest absolute Gasteiger partial charge is 0.481 e. The number of rotatable bonds is 31. The van der Waals surface area contributed by atoms with Crippen LogP contribution in [0.4, 0.5) is 5.69 Å². The fourth-order valence-corrected chi connectivity index (χ4v) is 7.01. The third kappa shape index (κ3) is 21.7. The van der Waals surface area contributed by atoms with Crippen LogP contribution in [0.5, 0.6) is 0 Å².